The van der Waals surface area contributed by atoms with E-state index in [2.05, 4.69) is 31.1 Å². The van der Waals surface area contributed by atoms with Crippen LogP contribution in [0.4, 0.5) is 4.79 Å². The van der Waals surface area contributed by atoms with Gasteiger partial charge >= 0.3 is 6.03 Å². The zero-order valence-corrected chi connectivity index (χ0v) is 13.1. The van der Waals surface area contributed by atoms with E-state index in [4.69, 9.17) is 0 Å². The fourth-order valence-corrected chi connectivity index (χ4v) is 2.26. The summed E-state index contributed by atoms with van der Waals surface area (Å²) >= 11 is 0. The fourth-order valence-electron chi connectivity index (χ4n) is 2.26. The molecule has 1 fully saturated rings. The van der Waals surface area contributed by atoms with Gasteiger partial charge in [0.15, 0.2) is 0 Å². The topological polar surface area (TPSA) is 38.8 Å². The van der Waals surface area contributed by atoms with Gasteiger partial charge in [0, 0.05) is 52.4 Å². The summed E-state index contributed by atoms with van der Waals surface area (Å²) in [6.45, 7) is 8.27. The van der Waals surface area contributed by atoms with E-state index in [1.54, 1.807) is 4.90 Å². The van der Waals surface area contributed by atoms with E-state index in [-0.39, 0.29) is 6.03 Å². The third kappa shape index (κ3) is 5.37. The summed E-state index contributed by atoms with van der Waals surface area (Å²) in [4.78, 5) is 17.8. The fraction of sp³-hybridized carbons (Fsp3) is 0.929. The van der Waals surface area contributed by atoms with Crippen molar-refractivity contribution in [2.75, 3.05) is 47.3 Å². The van der Waals surface area contributed by atoms with Gasteiger partial charge in [-0.15, -0.1) is 0 Å². The summed E-state index contributed by atoms with van der Waals surface area (Å²) in [5.41, 5.74) is 0. The minimum atomic E-state index is 0.137. The number of urea groups is 1. The lowest BCUT2D eigenvalue weighted by molar-refractivity contribution is 0.151. The normalized spacial score (nSPS) is 17.3. The molecule has 5 nitrogen and oxygen atoms in total. The summed E-state index contributed by atoms with van der Waals surface area (Å²) in [7, 11) is 5.79. The van der Waals surface area contributed by atoms with Crippen LogP contribution in [-0.4, -0.2) is 80.1 Å². The maximum Gasteiger partial charge on any atom is 0.319 e. The van der Waals surface area contributed by atoms with Crippen LogP contribution in [0.3, 0.4) is 0 Å². The first-order valence-corrected chi connectivity index (χ1v) is 7.31. The van der Waals surface area contributed by atoms with Crippen LogP contribution >= 0.6 is 0 Å². The average molecular weight is 270 g/mol. The van der Waals surface area contributed by atoms with Gasteiger partial charge in [0.25, 0.3) is 0 Å². The molecule has 0 aromatic heterocycles. The summed E-state index contributed by atoms with van der Waals surface area (Å²) in [5.74, 6) is 0. The van der Waals surface area contributed by atoms with Crippen molar-refractivity contribution >= 4 is 6.03 Å². The Hall–Kier alpha value is -0.810. The van der Waals surface area contributed by atoms with Gasteiger partial charge in [0.2, 0.25) is 0 Å². The molecule has 1 aliphatic heterocycles. The highest BCUT2D eigenvalue weighted by Gasteiger charge is 2.23. The number of likely N-dealkylation sites (N-methyl/N-ethyl adjacent to an activating group) is 1. The van der Waals surface area contributed by atoms with Gasteiger partial charge in [0.05, 0.1) is 0 Å². The Labute approximate surface area is 117 Å². The van der Waals surface area contributed by atoms with Crippen LogP contribution in [0, 0.1) is 0 Å². The van der Waals surface area contributed by atoms with Gasteiger partial charge in [-0.1, -0.05) is 0 Å². The smallest absolute Gasteiger partial charge is 0.319 e. The Morgan fingerprint density at radius 3 is 2.32 bits per heavy atom. The van der Waals surface area contributed by atoms with Crippen LogP contribution in [0.2, 0.25) is 0 Å². The summed E-state index contributed by atoms with van der Waals surface area (Å²) in [6.07, 6.45) is 2.12. The van der Waals surface area contributed by atoms with E-state index in [9.17, 15) is 4.79 Å². The molecule has 19 heavy (non-hydrogen) atoms. The number of carbonyl (C=O) groups excluding carboxylic acids is 1. The second-order valence-corrected chi connectivity index (χ2v) is 5.97. The highest BCUT2D eigenvalue weighted by molar-refractivity contribution is 5.73. The number of piperidine rings is 1. The Morgan fingerprint density at radius 1 is 1.26 bits per heavy atom. The van der Waals surface area contributed by atoms with Crippen molar-refractivity contribution < 1.29 is 4.79 Å². The molecule has 0 aromatic carbocycles. The summed E-state index contributed by atoms with van der Waals surface area (Å²) in [5, 5.41) is 3.60. The highest BCUT2D eigenvalue weighted by atomic mass is 16.2. The molecule has 1 rings (SSSR count). The number of carbonyl (C=O) groups is 1. The zero-order valence-electron chi connectivity index (χ0n) is 13.1. The zero-order chi connectivity index (χ0) is 14.4. The van der Waals surface area contributed by atoms with Gasteiger partial charge in [-0.3, -0.25) is 0 Å². The molecule has 1 aliphatic rings. The molecule has 0 spiro atoms. The maximum atomic E-state index is 11.8. The Bertz CT molecular complexity index is 273. The molecule has 0 saturated carbocycles. The second-order valence-electron chi connectivity index (χ2n) is 5.97. The summed E-state index contributed by atoms with van der Waals surface area (Å²) < 4.78 is 0. The molecule has 0 radical (unpaired) electrons. The van der Waals surface area contributed by atoms with Crippen molar-refractivity contribution in [3.05, 3.63) is 0 Å². The maximum absolute atomic E-state index is 11.8. The largest absolute Gasteiger partial charge is 0.331 e. The lowest BCUT2D eigenvalue weighted by atomic mass is 10.1. The molecular weight excluding hydrogens is 240 g/mol. The van der Waals surface area contributed by atoms with Gasteiger partial charge < -0.3 is 20.0 Å². The monoisotopic (exact) mass is 270 g/mol. The lowest BCUT2D eigenvalue weighted by Gasteiger charge is -2.34. The Morgan fingerprint density at radius 2 is 1.84 bits per heavy atom. The van der Waals surface area contributed by atoms with Crippen molar-refractivity contribution in [3.8, 4) is 0 Å². The molecule has 2 amide bonds. The van der Waals surface area contributed by atoms with Gasteiger partial charge in [-0.05, 0) is 33.7 Å². The molecule has 0 atom stereocenters. The van der Waals surface area contributed by atoms with Crippen LogP contribution < -0.4 is 5.32 Å². The number of likely N-dealkylation sites (tertiary alicyclic amines) is 1. The third-order valence-corrected chi connectivity index (χ3v) is 3.93. The van der Waals surface area contributed by atoms with Gasteiger partial charge in [-0.25, -0.2) is 4.79 Å². The van der Waals surface area contributed by atoms with E-state index in [1.807, 2.05) is 19.0 Å². The number of hydrogen-bond donors (Lipinski definition) is 1. The van der Waals surface area contributed by atoms with Crippen molar-refractivity contribution in [2.24, 2.45) is 0 Å². The van der Waals surface area contributed by atoms with E-state index >= 15 is 0 Å². The van der Waals surface area contributed by atoms with E-state index in [0.29, 0.717) is 12.1 Å². The molecule has 112 valence electrons. The minimum Gasteiger partial charge on any atom is -0.331 e. The standard InChI is InChI=1S/C14H30N4O/c1-12(2)17(5)11-8-15-13-6-9-18(10-7-13)14(19)16(3)4/h12-13,15H,6-11H2,1-5H3. The number of hydrogen-bond acceptors (Lipinski definition) is 3. The first-order chi connectivity index (χ1) is 8.91. The molecule has 1 heterocycles. The van der Waals surface area contributed by atoms with E-state index in [1.165, 1.54) is 0 Å². The number of rotatable bonds is 5. The van der Waals surface area contributed by atoms with Gasteiger partial charge in [0.1, 0.15) is 0 Å². The summed E-state index contributed by atoms with van der Waals surface area (Å²) in [6, 6.07) is 1.30. The van der Waals surface area contributed by atoms with E-state index < -0.39 is 0 Å². The number of nitrogens with zero attached hydrogens (tertiary/aromatic N) is 3. The SMILES string of the molecule is CC(C)N(C)CCNC1CCN(C(=O)N(C)C)CC1. The second kappa shape index (κ2) is 7.70. The number of amides is 2. The molecule has 0 aliphatic carbocycles. The minimum absolute atomic E-state index is 0.137. The molecule has 0 unspecified atom stereocenters. The van der Waals surface area contributed by atoms with E-state index in [0.717, 1.165) is 39.0 Å². The lowest BCUT2D eigenvalue weighted by Crippen LogP contribution is -2.49. The Balaban J connectivity index is 2.18. The van der Waals surface area contributed by atoms with Crippen molar-refractivity contribution in [2.45, 2.75) is 38.8 Å². The van der Waals surface area contributed by atoms with Crippen LogP contribution in [-0.2, 0) is 0 Å². The molecular formula is C14H30N4O. The van der Waals surface area contributed by atoms with Crippen molar-refractivity contribution in [1.29, 1.82) is 0 Å². The molecule has 5 heteroatoms. The quantitative estimate of drug-likeness (QED) is 0.812. The molecule has 0 bridgehead atoms. The molecule has 1 N–H and O–H groups in total. The average Bonchev–Trinajstić information content (AvgIpc) is 2.38. The third-order valence-electron chi connectivity index (χ3n) is 3.93. The highest BCUT2D eigenvalue weighted by Crippen LogP contribution is 2.11. The molecule has 1 saturated heterocycles. The van der Waals surface area contributed by atoms with Crippen molar-refractivity contribution in [1.82, 2.24) is 20.0 Å². The number of nitrogens with one attached hydrogen (secondary N) is 1. The predicted octanol–water partition coefficient (Wildman–Crippen LogP) is 1.06. The molecule has 0 aromatic rings. The predicted molar refractivity (Wildman–Crippen MR) is 79.4 cm³/mol. The van der Waals surface area contributed by atoms with Crippen LogP contribution in [0.1, 0.15) is 26.7 Å². The van der Waals surface area contributed by atoms with Crippen LogP contribution in [0.5, 0.6) is 0 Å². The Kier molecular flexibility index (Phi) is 6.58. The van der Waals surface area contributed by atoms with Crippen LogP contribution in [0.15, 0.2) is 0 Å². The first kappa shape index (κ1) is 16.2. The van der Waals surface area contributed by atoms with Crippen molar-refractivity contribution in [3.63, 3.8) is 0 Å². The van der Waals surface area contributed by atoms with Gasteiger partial charge in [-0.2, -0.15) is 0 Å². The first-order valence-electron chi connectivity index (χ1n) is 7.31. The van der Waals surface area contributed by atoms with Crippen LogP contribution in [0.25, 0.3) is 0 Å².